The van der Waals surface area contributed by atoms with E-state index in [0.29, 0.717) is 48.2 Å². The van der Waals surface area contributed by atoms with Crippen molar-refractivity contribution in [2.45, 2.75) is 46.6 Å². The molecule has 4 rings (SSSR count). The zero-order valence-corrected chi connectivity index (χ0v) is 22.2. The molecule has 2 amide bonds. The summed E-state index contributed by atoms with van der Waals surface area (Å²) in [7, 11) is 1.76. The molecule has 9 nitrogen and oxygen atoms in total. The Morgan fingerprint density at radius 2 is 1.89 bits per heavy atom. The number of hydrogen-bond acceptors (Lipinski definition) is 7. The van der Waals surface area contributed by atoms with Crippen LogP contribution in [0.5, 0.6) is 5.75 Å². The van der Waals surface area contributed by atoms with Gasteiger partial charge >= 0.3 is 6.09 Å². The first-order valence-electron chi connectivity index (χ1n) is 12.3. The van der Waals surface area contributed by atoms with E-state index in [-0.39, 0.29) is 5.91 Å². The maximum Gasteiger partial charge on any atom is 0.412 e. The van der Waals surface area contributed by atoms with Crippen LogP contribution in [0.15, 0.2) is 48.8 Å². The highest BCUT2D eigenvalue weighted by Gasteiger charge is 2.30. The van der Waals surface area contributed by atoms with E-state index in [0.717, 1.165) is 16.8 Å². The number of aromatic nitrogens is 2. The van der Waals surface area contributed by atoms with E-state index in [2.05, 4.69) is 15.3 Å². The first-order valence-corrected chi connectivity index (χ1v) is 12.3. The van der Waals surface area contributed by atoms with Gasteiger partial charge in [0.2, 0.25) is 0 Å². The molecule has 0 spiro atoms. The molecule has 3 aromatic rings. The molecule has 1 aliphatic heterocycles. The number of amides is 2. The fraction of sp³-hybridized carbons (Fsp3) is 0.357. The number of aryl methyl sites for hydroxylation is 1. The van der Waals surface area contributed by atoms with Gasteiger partial charge in [-0.15, -0.1) is 0 Å². The number of carbonyl (C=O) groups is 2. The zero-order chi connectivity index (χ0) is 26.7. The van der Waals surface area contributed by atoms with Gasteiger partial charge in [0.15, 0.2) is 5.82 Å². The van der Waals surface area contributed by atoms with E-state index in [9.17, 15) is 9.59 Å². The Bertz CT molecular complexity index is 1320. The molecule has 0 saturated carbocycles. The Kier molecular flexibility index (Phi) is 7.33. The third-order valence-corrected chi connectivity index (χ3v) is 5.88. The lowest BCUT2D eigenvalue weighted by Crippen LogP contribution is -2.27. The van der Waals surface area contributed by atoms with Crippen LogP contribution in [0.2, 0.25) is 0 Å². The molecular weight excluding hydrogens is 470 g/mol. The minimum absolute atomic E-state index is 0.126. The van der Waals surface area contributed by atoms with E-state index >= 15 is 0 Å². The van der Waals surface area contributed by atoms with E-state index in [4.69, 9.17) is 9.47 Å². The lowest BCUT2D eigenvalue weighted by Gasteiger charge is -2.22. The number of hydrogen-bond donors (Lipinski definition) is 1. The van der Waals surface area contributed by atoms with Crippen LogP contribution in [-0.2, 0) is 11.2 Å². The van der Waals surface area contributed by atoms with Crippen molar-refractivity contribution in [1.82, 2.24) is 9.97 Å². The average Bonchev–Trinajstić information content (AvgIpc) is 2.92. The Balaban J connectivity index is 1.44. The molecular formula is C28H33N5O4. The molecule has 1 aromatic carbocycles. The van der Waals surface area contributed by atoms with Gasteiger partial charge in [0.1, 0.15) is 17.2 Å². The van der Waals surface area contributed by atoms with Crippen molar-refractivity contribution in [3.63, 3.8) is 0 Å². The third kappa shape index (κ3) is 5.82. The molecule has 0 atom stereocenters. The molecule has 9 heteroatoms. The summed E-state index contributed by atoms with van der Waals surface area (Å²) in [5, 5.41) is 2.74. The van der Waals surface area contributed by atoms with Crippen molar-refractivity contribution in [1.29, 1.82) is 0 Å². The van der Waals surface area contributed by atoms with Crippen LogP contribution in [0.4, 0.5) is 27.8 Å². The second-order valence-corrected chi connectivity index (χ2v) is 9.87. The first-order chi connectivity index (χ1) is 17.6. The Hall–Kier alpha value is -4.14. The van der Waals surface area contributed by atoms with Crippen LogP contribution < -0.4 is 19.9 Å². The van der Waals surface area contributed by atoms with Crippen LogP contribution in [0.3, 0.4) is 0 Å². The number of rotatable bonds is 6. The molecule has 1 aliphatic rings. The van der Waals surface area contributed by atoms with Crippen LogP contribution >= 0.6 is 0 Å². The minimum atomic E-state index is -0.567. The van der Waals surface area contributed by atoms with Crippen LogP contribution in [-0.4, -0.2) is 47.8 Å². The summed E-state index contributed by atoms with van der Waals surface area (Å²) in [6.07, 6.45) is 3.58. The topological polar surface area (TPSA) is 96.9 Å². The van der Waals surface area contributed by atoms with Crippen LogP contribution in [0.25, 0.3) is 0 Å². The number of nitrogens with one attached hydrogen (secondary N) is 1. The van der Waals surface area contributed by atoms with Crippen molar-refractivity contribution >= 4 is 35.0 Å². The van der Waals surface area contributed by atoms with Crippen molar-refractivity contribution in [3.05, 3.63) is 65.5 Å². The maximum atomic E-state index is 13.3. The quantitative estimate of drug-likeness (QED) is 0.474. The molecule has 0 saturated heterocycles. The fourth-order valence-corrected chi connectivity index (χ4v) is 4.15. The zero-order valence-electron chi connectivity index (χ0n) is 22.2. The number of anilines is 4. The SMILES string of the molecule is CCN1c2ncc(CCOc3ccc(NC(=O)OC(C)(C)C)cc3C)cc2C(=O)N(C)c2cccnc21. The molecule has 0 bridgehead atoms. The van der Waals surface area contributed by atoms with Crippen molar-refractivity contribution < 1.29 is 19.1 Å². The van der Waals surface area contributed by atoms with Gasteiger partial charge in [-0.1, -0.05) is 0 Å². The van der Waals surface area contributed by atoms with E-state index in [1.807, 2.05) is 69.9 Å². The first kappa shape index (κ1) is 25.9. The van der Waals surface area contributed by atoms with Gasteiger partial charge in [-0.2, -0.15) is 0 Å². The van der Waals surface area contributed by atoms with Gasteiger partial charge in [-0.25, -0.2) is 14.8 Å². The van der Waals surface area contributed by atoms with Crippen molar-refractivity contribution in [2.75, 3.05) is 35.3 Å². The molecule has 1 N–H and O–H groups in total. The molecule has 2 aromatic heterocycles. The lowest BCUT2D eigenvalue weighted by atomic mass is 10.1. The number of pyridine rings is 2. The number of fused-ring (bicyclic) bond motifs is 2. The Morgan fingerprint density at radius 3 is 2.59 bits per heavy atom. The molecule has 37 heavy (non-hydrogen) atoms. The molecule has 0 fully saturated rings. The second kappa shape index (κ2) is 10.5. The fourth-order valence-electron chi connectivity index (χ4n) is 4.15. The van der Waals surface area contributed by atoms with Gasteiger partial charge in [-0.05, 0) is 82.1 Å². The van der Waals surface area contributed by atoms with Gasteiger partial charge in [-0.3, -0.25) is 10.1 Å². The predicted molar refractivity (Wildman–Crippen MR) is 144 cm³/mol. The summed E-state index contributed by atoms with van der Waals surface area (Å²) in [4.78, 5) is 38.1. The van der Waals surface area contributed by atoms with Gasteiger partial charge in [0.25, 0.3) is 5.91 Å². The molecule has 194 valence electrons. The molecule has 0 radical (unpaired) electrons. The summed E-state index contributed by atoms with van der Waals surface area (Å²) in [6.45, 7) is 10.4. The highest BCUT2D eigenvalue weighted by atomic mass is 16.6. The summed E-state index contributed by atoms with van der Waals surface area (Å²) in [6, 6.07) is 11.0. The predicted octanol–water partition coefficient (Wildman–Crippen LogP) is 5.50. The van der Waals surface area contributed by atoms with Gasteiger partial charge in [0.05, 0.1) is 17.9 Å². The van der Waals surface area contributed by atoms with E-state index < -0.39 is 11.7 Å². The van der Waals surface area contributed by atoms with Gasteiger partial charge in [0, 0.05) is 38.1 Å². The lowest BCUT2D eigenvalue weighted by molar-refractivity contribution is 0.0635. The molecule has 0 unspecified atom stereocenters. The molecule has 0 aliphatic carbocycles. The van der Waals surface area contributed by atoms with Crippen LogP contribution in [0.1, 0.15) is 49.2 Å². The smallest absolute Gasteiger partial charge is 0.412 e. The number of carbonyl (C=O) groups excluding carboxylic acids is 2. The highest BCUT2D eigenvalue weighted by Crippen LogP contribution is 2.37. The monoisotopic (exact) mass is 503 g/mol. The number of benzene rings is 1. The highest BCUT2D eigenvalue weighted by molar-refractivity contribution is 6.12. The number of ether oxygens (including phenoxy) is 2. The normalized spacial score (nSPS) is 13.0. The second-order valence-electron chi connectivity index (χ2n) is 9.87. The van der Waals surface area contributed by atoms with E-state index in [1.165, 1.54) is 0 Å². The summed E-state index contributed by atoms with van der Waals surface area (Å²) in [5.41, 5.74) is 3.13. The third-order valence-electron chi connectivity index (χ3n) is 5.88. The Morgan fingerprint density at radius 1 is 1.11 bits per heavy atom. The Labute approximate surface area is 217 Å². The van der Waals surface area contributed by atoms with Crippen molar-refractivity contribution in [2.24, 2.45) is 0 Å². The average molecular weight is 504 g/mol. The number of nitrogens with zero attached hydrogens (tertiary/aromatic N) is 4. The van der Waals surface area contributed by atoms with Gasteiger partial charge < -0.3 is 19.3 Å². The largest absolute Gasteiger partial charge is 0.493 e. The van der Waals surface area contributed by atoms with E-state index in [1.54, 1.807) is 30.4 Å². The van der Waals surface area contributed by atoms with Crippen molar-refractivity contribution in [3.8, 4) is 5.75 Å². The standard InChI is InChI=1S/C28H33N5O4/c1-7-33-24-21(26(34)32(6)22-9-8-13-29-25(22)33)16-19(17-30-24)12-14-36-23-11-10-20(15-18(23)2)31-27(35)37-28(3,4)5/h8-11,13,15-17H,7,12,14H2,1-6H3,(H,31,35). The van der Waals surface area contributed by atoms with Crippen LogP contribution in [0, 0.1) is 6.92 Å². The molecule has 3 heterocycles. The summed E-state index contributed by atoms with van der Waals surface area (Å²) in [5.74, 6) is 1.90. The maximum absolute atomic E-state index is 13.3. The summed E-state index contributed by atoms with van der Waals surface area (Å²) >= 11 is 0. The minimum Gasteiger partial charge on any atom is -0.493 e. The summed E-state index contributed by atoms with van der Waals surface area (Å²) < 4.78 is 11.3.